The summed E-state index contributed by atoms with van der Waals surface area (Å²) >= 11 is 5.99. The minimum Gasteiger partial charge on any atom is -0.549 e. The highest BCUT2D eigenvalue weighted by Crippen LogP contribution is 2.30. The molecular formula is C15H12ClO2-. The van der Waals surface area contributed by atoms with Gasteiger partial charge in [0.2, 0.25) is 0 Å². The zero-order chi connectivity index (χ0) is 13.0. The van der Waals surface area contributed by atoms with Gasteiger partial charge in [0.1, 0.15) is 0 Å². The molecule has 92 valence electrons. The Morgan fingerprint density at radius 3 is 1.61 bits per heavy atom. The minimum absolute atomic E-state index is 0.404. The lowest BCUT2D eigenvalue weighted by molar-refractivity contribution is -0.305. The van der Waals surface area contributed by atoms with Crippen molar-refractivity contribution in [3.63, 3.8) is 0 Å². The molecule has 0 heterocycles. The number of carbonyl (C=O) groups is 1. The third-order valence-electron chi connectivity index (χ3n) is 2.84. The molecule has 0 amide bonds. The second-order valence-corrected chi connectivity index (χ2v) is 4.49. The van der Waals surface area contributed by atoms with Crippen LogP contribution in [0.4, 0.5) is 0 Å². The average molecular weight is 260 g/mol. The fourth-order valence-corrected chi connectivity index (χ4v) is 2.28. The van der Waals surface area contributed by atoms with Crippen molar-refractivity contribution >= 4 is 17.6 Å². The van der Waals surface area contributed by atoms with Crippen LogP contribution in [-0.2, 0) is 4.79 Å². The average Bonchev–Trinajstić information content (AvgIpc) is 2.41. The molecule has 0 saturated carbocycles. The molecule has 0 bridgehead atoms. The van der Waals surface area contributed by atoms with Crippen LogP contribution in [0, 0.1) is 0 Å². The van der Waals surface area contributed by atoms with Crippen LogP contribution in [-0.4, -0.2) is 11.3 Å². The molecule has 0 aliphatic heterocycles. The van der Waals surface area contributed by atoms with Crippen molar-refractivity contribution in [1.82, 2.24) is 0 Å². The highest BCUT2D eigenvalue weighted by molar-refractivity contribution is 6.30. The van der Waals surface area contributed by atoms with E-state index in [2.05, 4.69) is 0 Å². The molecule has 0 spiro atoms. The van der Waals surface area contributed by atoms with Crippen LogP contribution in [0.2, 0.25) is 0 Å². The standard InChI is InChI=1S/C15H13ClO2/c16-14(15(17)18)13(11-7-3-1-4-8-11)12-9-5-2-6-10-12/h1-10,13-14H,(H,17,18)/p-1. The van der Waals surface area contributed by atoms with Crippen molar-refractivity contribution in [1.29, 1.82) is 0 Å². The molecule has 1 unspecified atom stereocenters. The lowest BCUT2D eigenvalue weighted by Gasteiger charge is -2.24. The smallest absolute Gasteiger partial charge is 0.0839 e. The summed E-state index contributed by atoms with van der Waals surface area (Å²) in [6.45, 7) is 0. The van der Waals surface area contributed by atoms with Gasteiger partial charge >= 0.3 is 0 Å². The number of halogens is 1. The molecule has 18 heavy (non-hydrogen) atoms. The van der Waals surface area contributed by atoms with Gasteiger partial charge in [-0.2, -0.15) is 0 Å². The molecule has 0 saturated heterocycles. The summed E-state index contributed by atoms with van der Waals surface area (Å²) in [6.07, 6.45) is 0. The van der Waals surface area contributed by atoms with E-state index in [9.17, 15) is 9.90 Å². The van der Waals surface area contributed by atoms with E-state index in [1.807, 2.05) is 60.7 Å². The molecule has 0 aliphatic carbocycles. The van der Waals surface area contributed by atoms with Gasteiger partial charge in [-0.1, -0.05) is 60.7 Å². The van der Waals surface area contributed by atoms with E-state index >= 15 is 0 Å². The van der Waals surface area contributed by atoms with E-state index in [0.29, 0.717) is 0 Å². The van der Waals surface area contributed by atoms with Crippen molar-refractivity contribution in [2.45, 2.75) is 11.3 Å². The van der Waals surface area contributed by atoms with Crippen LogP contribution in [0.1, 0.15) is 17.0 Å². The summed E-state index contributed by atoms with van der Waals surface area (Å²) in [5.74, 6) is -1.66. The fourth-order valence-electron chi connectivity index (χ4n) is 1.99. The maximum absolute atomic E-state index is 11.0. The SMILES string of the molecule is O=C([O-])C(Cl)C(c1ccccc1)c1ccccc1. The number of aliphatic carboxylic acids is 1. The van der Waals surface area contributed by atoms with Crippen LogP contribution < -0.4 is 5.11 Å². The van der Waals surface area contributed by atoms with E-state index in [0.717, 1.165) is 11.1 Å². The predicted octanol–water partition coefficient (Wildman–Crippen LogP) is 2.18. The van der Waals surface area contributed by atoms with Crippen molar-refractivity contribution < 1.29 is 9.90 Å². The van der Waals surface area contributed by atoms with Gasteiger partial charge in [0.05, 0.1) is 11.3 Å². The predicted molar refractivity (Wildman–Crippen MR) is 69.4 cm³/mol. The van der Waals surface area contributed by atoms with Crippen LogP contribution in [0.15, 0.2) is 60.7 Å². The Morgan fingerprint density at radius 2 is 1.28 bits per heavy atom. The molecule has 0 N–H and O–H groups in total. The second-order valence-electron chi connectivity index (χ2n) is 4.02. The van der Waals surface area contributed by atoms with Crippen molar-refractivity contribution in [3.05, 3.63) is 71.8 Å². The van der Waals surface area contributed by atoms with Gasteiger partial charge in [-0.3, -0.25) is 0 Å². The molecule has 2 aromatic carbocycles. The van der Waals surface area contributed by atoms with Crippen molar-refractivity contribution in [2.75, 3.05) is 0 Å². The van der Waals surface area contributed by atoms with Gasteiger partial charge in [-0.25, -0.2) is 0 Å². The summed E-state index contributed by atoms with van der Waals surface area (Å²) < 4.78 is 0. The highest BCUT2D eigenvalue weighted by Gasteiger charge is 2.23. The first-order valence-corrected chi connectivity index (χ1v) is 6.08. The van der Waals surface area contributed by atoms with Crippen molar-refractivity contribution in [3.8, 4) is 0 Å². The Balaban J connectivity index is 2.45. The first-order chi connectivity index (χ1) is 8.70. The Labute approximate surface area is 111 Å². The third kappa shape index (κ3) is 2.71. The Bertz CT molecular complexity index is 471. The minimum atomic E-state index is -1.26. The zero-order valence-electron chi connectivity index (χ0n) is 9.62. The largest absolute Gasteiger partial charge is 0.549 e. The Morgan fingerprint density at radius 1 is 0.889 bits per heavy atom. The molecule has 1 atom stereocenters. The summed E-state index contributed by atoms with van der Waals surface area (Å²) in [7, 11) is 0. The van der Waals surface area contributed by atoms with Gasteiger partial charge in [0.25, 0.3) is 0 Å². The monoisotopic (exact) mass is 259 g/mol. The Hall–Kier alpha value is -1.80. The van der Waals surface area contributed by atoms with Gasteiger partial charge in [0.15, 0.2) is 0 Å². The maximum Gasteiger partial charge on any atom is 0.0839 e. The molecule has 3 heteroatoms. The van der Waals surface area contributed by atoms with E-state index in [1.165, 1.54) is 0 Å². The number of alkyl halides is 1. The van der Waals surface area contributed by atoms with E-state index in [-0.39, 0.29) is 0 Å². The van der Waals surface area contributed by atoms with Crippen molar-refractivity contribution in [2.24, 2.45) is 0 Å². The normalized spacial score (nSPS) is 12.3. The highest BCUT2D eigenvalue weighted by atomic mass is 35.5. The molecule has 0 radical (unpaired) electrons. The quantitative estimate of drug-likeness (QED) is 0.790. The van der Waals surface area contributed by atoms with Gasteiger partial charge in [-0.15, -0.1) is 11.6 Å². The van der Waals surface area contributed by atoms with Crippen LogP contribution in [0.25, 0.3) is 0 Å². The van der Waals surface area contributed by atoms with E-state index < -0.39 is 17.3 Å². The number of hydrogen-bond acceptors (Lipinski definition) is 2. The molecule has 0 aromatic heterocycles. The summed E-state index contributed by atoms with van der Waals surface area (Å²) in [5.41, 5.74) is 1.74. The number of benzene rings is 2. The molecule has 2 rings (SSSR count). The van der Waals surface area contributed by atoms with Crippen LogP contribution in [0.5, 0.6) is 0 Å². The molecule has 0 aliphatic rings. The lowest BCUT2D eigenvalue weighted by Crippen LogP contribution is -2.36. The van der Waals surface area contributed by atoms with Crippen LogP contribution >= 0.6 is 11.6 Å². The molecule has 0 fully saturated rings. The topological polar surface area (TPSA) is 40.1 Å². The Kier molecular flexibility index (Phi) is 4.00. The lowest BCUT2D eigenvalue weighted by atomic mass is 9.88. The van der Waals surface area contributed by atoms with Gasteiger partial charge < -0.3 is 9.90 Å². The third-order valence-corrected chi connectivity index (χ3v) is 3.27. The number of carboxylic acids is 1. The molecule has 2 aromatic rings. The number of carboxylic acid groups (broad SMARTS) is 1. The summed E-state index contributed by atoms with van der Waals surface area (Å²) in [5, 5.41) is 9.96. The number of rotatable bonds is 4. The second kappa shape index (κ2) is 5.69. The molecule has 2 nitrogen and oxygen atoms in total. The number of carbonyl (C=O) groups excluding carboxylic acids is 1. The maximum atomic E-state index is 11.0. The van der Waals surface area contributed by atoms with E-state index in [4.69, 9.17) is 11.6 Å². The van der Waals surface area contributed by atoms with Gasteiger partial charge in [0, 0.05) is 5.92 Å². The fraction of sp³-hybridized carbons (Fsp3) is 0.133. The molecular weight excluding hydrogens is 248 g/mol. The first kappa shape index (κ1) is 12.7. The van der Waals surface area contributed by atoms with Gasteiger partial charge in [-0.05, 0) is 11.1 Å². The number of hydrogen-bond donors (Lipinski definition) is 0. The zero-order valence-corrected chi connectivity index (χ0v) is 10.4. The first-order valence-electron chi connectivity index (χ1n) is 5.65. The van der Waals surface area contributed by atoms with E-state index in [1.54, 1.807) is 0 Å². The van der Waals surface area contributed by atoms with Crippen LogP contribution in [0.3, 0.4) is 0 Å². The summed E-state index contributed by atoms with van der Waals surface area (Å²) in [4.78, 5) is 11.0. The summed E-state index contributed by atoms with van der Waals surface area (Å²) in [6, 6.07) is 18.7.